The summed E-state index contributed by atoms with van der Waals surface area (Å²) in [7, 11) is 1.83. The molecule has 0 aliphatic rings. The number of carbonyl (C=O) groups is 1. The van der Waals surface area contributed by atoms with Crippen LogP contribution in [0.25, 0.3) is 0 Å². The minimum absolute atomic E-state index is 0.138. The number of nitrogens with one attached hydrogen (secondary N) is 1. The highest BCUT2D eigenvalue weighted by Gasteiger charge is 2.15. The Morgan fingerprint density at radius 3 is 2.76 bits per heavy atom. The molecule has 1 unspecified atom stereocenters. The number of nitrogens with zero attached hydrogens (tertiary/aromatic N) is 1. The van der Waals surface area contributed by atoms with Gasteiger partial charge in [0.1, 0.15) is 0 Å². The summed E-state index contributed by atoms with van der Waals surface area (Å²) in [6, 6.07) is 8.18. The van der Waals surface area contributed by atoms with Crippen molar-refractivity contribution < 1.29 is 4.79 Å². The average Bonchev–Trinajstić information content (AvgIpc) is 2.34. The Morgan fingerprint density at radius 2 is 2.18 bits per heavy atom. The largest absolute Gasteiger partial charge is 0.345 e. The number of amides is 1. The number of rotatable bonds is 5. The van der Waals surface area contributed by atoms with Crippen molar-refractivity contribution in [1.82, 2.24) is 10.2 Å². The van der Waals surface area contributed by atoms with E-state index in [1.54, 1.807) is 4.90 Å². The third-order valence-electron chi connectivity index (χ3n) is 2.92. The summed E-state index contributed by atoms with van der Waals surface area (Å²) < 4.78 is 0. The van der Waals surface area contributed by atoms with Crippen LogP contribution in [-0.4, -0.2) is 30.4 Å². The molecule has 0 aromatic heterocycles. The maximum Gasteiger partial charge on any atom is 0.239 e. The van der Waals surface area contributed by atoms with Gasteiger partial charge in [-0.1, -0.05) is 29.8 Å². The standard InChI is InChI=1S/C14H22N2O/c1-5-16(4)14(17)12(3)15-10-13-8-6-7-11(2)9-13/h6-9,12,15H,5,10H2,1-4H3. The highest BCUT2D eigenvalue weighted by atomic mass is 16.2. The highest BCUT2D eigenvalue weighted by Crippen LogP contribution is 2.04. The van der Waals surface area contributed by atoms with Gasteiger partial charge in [0.2, 0.25) is 5.91 Å². The van der Waals surface area contributed by atoms with E-state index in [2.05, 4.69) is 30.4 Å². The summed E-state index contributed by atoms with van der Waals surface area (Å²) in [5.41, 5.74) is 2.46. The van der Waals surface area contributed by atoms with E-state index >= 15 is 0 Å². The molecule has 1 rings (SSSR count). The molecular weight excluding hydrogens is 212 g/mol. The van der Waals surface area contributed by atoms with Crippen molar-refractivity contribution in [1.29, 1.82) is 0 Å². The summed E-state index contributed by atoms with van der Waals surface area (Å²) in [5.74, 6) is 0.139. The molecule has 1 amide bonds. The van der Waals surface area contributed by atoms with Gasteiger partial charge in [0.05, 0.1) is 6.04 Å². The molecule has 17 heavy (non-hydrogen) atoms. The van der Waals surface area contributed by atoms with E-state index in [1.807, 2.05) is 27.0 Å². The predicted octanol–water partition coefficient (Wildman–Crippen LogP) is 1.95. The Balaban J connectivity index is 2.48. The SMILES string of the molecule is CCN(C)C(=O)C(C)NCc1cccc(C)c1. The van der Waals surface area contributed by atoms with Crippen LogP contribution >= 0.6 is 0 Å². The Morgan fingerprint density at radius 1 is 1.47 bits per heavy atom. The van der Waals surface area contributed by atoms with E-state index < -0.39 is 0 Å². The van der Waals surface area contributed by atoms with E-state index in [-0.39, 0.29) is 11.9 Å². The Hall–Kier alpha value is -1.35. The lowest BCUT2D eigenvalue weighted by atomic mass is 10.1. The molecule has 94 valence electrons. The zero-order chi connectivity index (χ0) is 12.8. The first kappa shape index (κ1) is 13.7. The highest BCUT2D eigenvalue weighted by molar-refractivity contribution is 5.81. The van der Waals surface area contributed by atoms with E-state index in [0.29, 0.717) is 0 Å². The summed E-state index contributed by atoms with van der Waals surface area (Å²) in [5, 5.41) is 3.25. The van der Waals surface area contributed by atoms with Gasteiger partial charge in [-0.2, -0.15) is 0 Å². The molecule has 0 aliphatic carbocycles. The van der Waals surface area contributed by atoms with Crippen molar-refractivity contribution in [2.75, 3.05) is 13.6 Å². The Labute approximate surface area is 104 Å². The summed E-state index contributed by atoms with van der Waals surface area (Å²) in [4.78, 5) is 13.6. The lowest BCUT2D eigenvalue weighted by molar-refractivity contribution is -0.131. The van der Waals surface area contributed by atoms with Crippen molar-refractivity contribution in [3.63, 3.8) is 0 Å². The van der Waals surface area contributed by atoms with Gasteiger partial charge in [0.25, 0.3) is 0 Å². The molecule has 0 saturated heterocycles. The van der Waals surface area contributed by atoms with Gasteiger partial charge in [-0.25, -0.2) is 0 Å². The predicted molar refractivity (Wildman–Crippen MR) is 70.8 cm³/mol. The van der Waals surface area contributed by atoms with Crippen LogP contribution in [0.1, 0.15) is 25.0 Å². The van der Waals surface area contributed by atoms with Crippen LogP contribution in [-0.2, 0) is 11.3 Å². The van der Waals surface area contributed by atoms with Crippen LogP contribution in [0.4, 0.5) is 0 Å². The molecule has 0 heterocycles. The summed E-state index contributed by atoms with van der Waals surface area (Å²) in [6.45, 7) is 7.43. The van der Waals surface area contributed by atoms with E-state index in [9.17, 15) is 4.79 Å². The quantitative estimate of drug-likeness (QED) is 0.844. The molecule has 1 atom stereocenters. The fraction of sp³-hybridized carbons (Fsp3) is 0.500. The summed E-state index contributed by atoms with van der Waals surface area (Å²) >= 11 is 0. The van der Waals surface area contributed by atoms with Crippen LogP contribution in [0, 0.1) is 6.92 Å². The van der Waals surface area contributed by atoms with E-state index in [4.69, 9.17) is 0 Å². The first-order valence-corrected chi connectivity index (χ1v) is 6.08. The molecule has 1 aromatic carbocycles. The van der Waals surface area contributed by atoms with Crippen molar-refractivity contribution >= 4 is 5.91 Å². The molecule has 0 spiro atoms. The Bertz CT molecular complexity index is 376. The van der Waals surface area contributed by atoms with Gasteiger partial charge in [0.15, 0.2) is 0 Å². The molecule has 1 aromatic rings. The van der Waals surface area contributed by atoms with E-state index in [0.717, 1.165) is 13.1 Å². The second kappa shape index (κ2) is 6.40. The van der Waals surface area contributed by atoms with Gasteiger partial charge >= 0.3 is 0 Å². The third kappa shape index (κ3) is 4.19. The lowest BCUT2D eigenvalue weighted by Gasteiger charge is -2.20. The topological polar surface area (TPSA) is 32.3 Å². The smallest absolute Gasteiger partial charge is 0.239 e. The molecule has 0 fully saturated rings. The Kier molecular flexibility index (Phi) is 5.16. The first-order chi connectivity index (χ1) is 8.04. The molecule has 3 heteroatoms. The van der Waals surface area contributed by atoms with Gasteiger partial charge < -0.3 is 10.2 Å². The maximum absolute atomic E-state index is 11.8. The van der Waals surface area contributed by atoms with Crippen LogP contribution in [0.3, 0.4) is 0 Å². The van der Waals surface area contributed by atoms with Crippen molar-refractivity contribution in [2.24, 2.45) is 0 Å². The number of aryl methyl sites for hydroxylation is 1. The molecule has 0 aliphatic heterocycles. The second-order valence-corrected chi connectivity index (χ2v) is 4.44. The number of benzene rings is 1. The normalized spacial score (nSPS) is 12.2. The molecule has 0 bridgehead atoms. The minimum atomic E-state index is -0.138. The average molecular weight is 234 g/mol. The number of carbonyl (C=O) groups excluding carboxylic acids is 1. The van der Waals surface area contributed by atoms with Gasteiger partial charge in [-0.05, 0) is 26.3 Å². The van der Waals surface area contributed by atoms with Crippen molar-refractivity contribution in [3.8, 4) is 0 Å². The molecule has 0 saturated carbocycles. The third-order valence-corrected chi connectivity index (χ3v) is 2.92. The number of likely N-dealkylation sites (N-methyl/N-ethyl adjacent to an activating group) is 1. The van der Waals surface area contributed by atoms with Crippen LogP contribution in [0.2, 0.25) is 0 Å². The molecule has 1 N–H and O–H groups in total. The van der Waals surface area contributed by atoms with Gasteiger partial charge in [0, 0.05) is 20.1 Å². The van der Waals surface area contributed by atoms with Crippen LogP contribution in [0.15, 0.2) is 24.3 Å². The number of hydrogen-bond acceptors (Lipinski definition) is 2. The zero-order valence-corrected chi connectivity index (χ0v) is 11.2. The second-order valence-electron chi connectivity index (χ2n) is 4.44. The van der Waals surface area contributed by atoms with Gasteiger partial charge in [-0.3, -0.25) is 4.79 Å². The van der Waals surface area contributed by atoms with Crippen molar-refractivity contribution in [2.45, 2.75) is 33.4 Å². The first-order valence-electron chi connectivity index (χ1n) is 6.08. The molecular formula is C14H22N2O. The summed E-state index contributed by atoms with van der Waals surface area (Å²) in [6.07, 6.45) is 0. The fourth-order valence-electron chi connectivity index (χ4n) is 1.67. The fourth-order valence-corrected chi connectivity index (χ4v) is 1.67. The minimum Gasteiger partial charge on any atom is -0.345 e. The lowest BCUT2D eigenvalue weighted by Crippen LogP contribution is -2.42. The zero-order valence-electron chi connectivity index (χ0n) is 11.2. The monoisotopic (exact) mass is 234 g/mol. The molecule has 3 nitrogen and oxygen atoms in total. The van der Waals surface area contributed by atoms with Crippen LogP contribution in [0.5, 0.6) is 0 Å². The van der Waals surface area contributed by atoms with Crippen molar-refractivity contribution in [3.05, 3.63) is 35.4 Å². The maximum atomic E-state index is 11.8. The van der Waals surface area contributed by atoms with Crippen LogP contribution < -0.4 is 5.32 Å². The number of hydrogen-bond donors (Lipinski definition) is 1. The molecule has 0 radical (unpaired) electrons. The van der Waals surface area contributed by atoms with Gasteiger partial charge in [-0.15, -0.1) is 0 Å². The van der Waals surface area contributed by atoms with E-state index in [1.165, 1.54) is 11.1 Å².